The van der Waals surface area contributed by atoms with Crippen molar-refractivity contribution in [3.8, 4) is 5.75 Å². The summed E-state index contributed by atoms with van der Waals surface area (Å²) in [6, 6.07) is 6.13. The van der Waals surface area contributed by atoms with Crippen molar-refractivity contribution in [3.63, 3.8) is 0 Å². The lowest BCUT2D eigenvalue weighted by molar-refractivity contribution is 0.129. The third kappa shape index (κ3) is 9.08. The Labute approximate surface area is 158 Å². The number of hydrogen-bond donors (Lipinski definition) is 2. The van der Waals surface area contributed by atoms with Crippen molar-refractivity contribution in [1.29, 1.82) is 0 Å². The van der Waals surface area contributed by atoms with E-state index in [1.54, 1.807) is 7.05 Å². The van der Waals surface area contributed by atoms with E-state index in [0.717, 1.165) is 16.9 Å². The lowest BCUT2D eigenvalue weighted by Crippen LogP contribution is -2.42. The van der Waals surface area contributed by atoms with Crippen molar-refractivity contribution in [1.82, 2.24) is 10.6 Å². The van der Waals surface area contributed by atoms with Crippen molar-refractivity contribution in [2.45, 2.75) is 59.2 Å². The highest BCUT2D eigenvalue weighted by atomic mass is 32.2. The molecule has 26 heavy (non-hydrogen) atoms. The Morgan fingerprint density at radius 1 is 1.31 bits per heavy atom. The summed E-state index contributed by atoms with van der Waals surface area (Å²) in [4.78, 5) is 4.21. The van der Waals surface area contributed by atoms with E-state index in [4.69, 9.17) is 4.74 Å². The largest absolute Gasteiger partial charge is 0.488 e. The Hall–Kier alpha value is -1.76. The fraction of sp³-hybridized carbons (Fsp3) is 0.632. The topological polar surface area (TPSA) is 79.8 Å². The fourth-order valence-electron chi connectivity index (χ4n) is 2.30. The van der Waals surface area contributed by atoms with Crippen LogP contribution in [0.2, 0.25) is 0 Å². The summed E-state index contributed by atoms with van der Waals surface area (Å²) < 4.78 is 28.7. The molecule has 0 bridgehead atoms. The molecule has 1 atom stereocenters. The summed E-state index contributed by atoms with van der Waals surface area (Å²) in [5.41, 5.74) is 1.91. The van der Waals surface area contributed by atoms with Gasteiger partial charge in [0.05, 0.1) is 5.75 Å². The van der Waals surface area contributed by atoms with Gasteiger partial charge in [0.25, 0.3) is 0 Å². The van der Waals surface area contributed by atoms with Crippen LogP contribution in [0, 0.1) is 6.92 Å². The predicted octanol–water partition coefficient (Wildman–Crippen LogP) is 2.66. The van der Waals surface area contributed by atoms with Gasteiger partial charge in [-0.3, -0.25) is 4.99 Å². The van der Waals surface area contributed by atoms with E-state index in [1.807, 2.05) is 46.8 Å². The zero-order valence-corrected chi connectivity index (χ0v) is 17.8. The molecular formula is C19H33N3O3S. The number of nitrogens with one attached hydrogen (secondary N) is 2. The Bertz CT molecular complexity index is 722. The van der Waals surface area contributed by atoms with Gasteiger partial charge >= 0.3 is 0 Å². The van der Waals surface area contributed by atoms with Crippen LogP contribution in [0.4, 0.5) is 0 Å². The van der Waals surface area contributed by atoms with Gasteiger partial charge in [0.2, 0.25) is 0 Å². The summed E-state index contributed by atoms with van der Waals surface area (Å²) in [6.45, 7) is 10.6. The molecule has 2 N–H and O–H groups in total. The average Bonchev–Trinajstić information content (AvgIpc) is 2.48. The number of hydrogen-bond acceptors (Lipinski definition) is 4. The first kappa shape index (κ1) is 22.3. The van der Waals surface area contributed by atoms with Crippen molar-refractivity contribution in [2.24, 2.45) is 4.99 Å². The zero-order valence-electron chi connectivity index (χ0n) is 17.0. The highest BCUT2D eigenvalue weighted by Crippen LogP contribution is 2.24. The number of ether oxygens (including phenoxy) is 1. The molecule has 7 heteroatoms. The average molecular weight is 384 g/mol. The maximum Gasteiger partial charge on any atom is 0.191 e. The standard InChI is InChI=1S/C19H33N3O3S/c1-14-8-9-16(17(12-14)25-19(3,4)5)13-21-18(20-6)22-15(2)10-11-26(7,23)24/h8-9,12,15H,10-11,13H2,1-7H3,(H2,20,21,22). The summed E-state index contributed by atoms with van der Waals surface area (Å²) in [5, 5.41) is 6.49. The second-order valence-corrected chi connectivity index (χ2v) is 9.98. The monoisotopic (exact) mass is 383 g/mol. The minimum atomic E-state index is -2.96. The summed E-state index contributed by atoms with van der Waals surface area (Å²) in [5.74, 6) is 1.64. The first-order valence-electron chi connectivity index (χ1n) is 8.83. The SMILES string of the molecule is CN=C(NCc1ccc(C)cc1OC(C)(C)C)NC(C)CCS(C)(=O)=O. The van der Waals surface area contributed by atoms with Crippen molar-refractivity contribution >= 4 is 15.8 Å². The van der Waals surface area contributed by atoms with Gasteiger partial charge in [-0.2, -0.15) is 0 Å². The summed E-state index contributed by atoms with van der Waals surface area (Å²) >= 11 is 0. The van der Waals surface area contributed by atoms with Crippen LogP contribution in [-0.2, 0) is 16.4 Å². The molecule has 0 amide bonds. The van der Waals surface area contributed by atoms with Crippen LogP contribution in [0.1, 0.15) is 45.2 Å². The molecule has 0 heterocycles. The molecule has 1 unspecified atom stereocenters. The zero-order chi connectivity index (χ0) is 20.0. The van der Waals surface area contributed by atoms with Crippen LogP contribution in [0.15, 0.2) is 23.2 Å². The van der Waals surface area contributed by atoms with Gasteiger partial charge in [-0.15, -0.1) is 0 Å². The lowest BCUT2D eigenvalue weighted by atomic mass is 10.1. The van der Waals surface area contributed by atoms with E-state index in [-0.39, 0.29) is 17.4 Å². The van der Waals surface area contributed by atoms with Crippen molar-refractivity contribution < 1.29 is 13.2 Å². The smallest absolute Gasteiger partial charge is 0.191 e. The van der Waals surface area contributed by atoms with E-state index >= 15 is 0 Å². The number of benzene rings is 1. The Morgan fingerprint density at radius 3 is 2.50 bits per heavy atom. The number of guanidine groups is 1. The molecule has 0 aromatic heterocycles. The molecule has 0 aliphatic carbocycles. The minimum absolute atomic E-state index is 0.000705. The molecule has 1 aromatic rings. The quantitative estimate of drug-likeness (QED) is 0.559. The third-order valence-corrected chi connectivity index (χ3v) is 4.59. The van der Waals surface area contributed by atoms with Gasteiger partial charge in [0, 0.05) is 31.5 Å². The molecule has 148 valence electrons. The van der Waals surface area contributed by atoms with Crippen LogP contribution >= 0.6 is 0 Å². The molecular weight excluding hydrogens is 350 g/mol. The molecule has 0 radical (unpaired) electrons. The highest BCUT2D eigenvalue weighted by molar-refractivity contribution is 7.90. The van der Waals surface area contributed by atoms with E-state index < -0.39 is 9.84 Å². The lowest BCUT2D eigenvalue weighted by Gasteiger charge is -2.24. The summed E-state index contributed by atoms with van der Waals surface area (Å²) in [6.07, 6.45) is 1.78. The Balaban J connectivity index is 2.71. The Morgan fingerprint density at radius 2 is 1.96 bits per heavy atom. The van der Waals surface area contributed by atoms with Gasteiger partial charge < -0.3 is 15.4 Å². The van der Waals surface area contributed by atoms with Crippen molar-refractivity contribution in [3.05, 3.63) is 29.3 Å². The number of aryl methyl sites for hydroxylation is 1. The highest BCUT2D eigenvalue weighted by Gasteiger charge is 2.15. The second kappa shape index (κ2) is 9.26. The van der Waals surface area contributed by atoms with Crippen LogP contribution in [0.3, 0.4) is 0 Å². The van der Waals surface area contributed by atoms with Crippen LogP contribution < -0.4 is 15.4 Å². The van der Waals surface area contributed by atoms with Gasteiger partial charge in [0.1, 0.15) is 21.2 Å². The molecule has 0 saturated heterocycles. The molecule has 0 aliphatic rings. The van der Waals surface area contributed by atoms with E-state index in [0.29, 0.717) is 18.9 Å². The normalized spacial score (nSPS) is 14.0. The van der Waals surface area contributed by atoms with E-state index in [2.05, 4.69) is 21.7 Å². The van der Waals surface area contributed by atoms with Gasteiger partial charge in [-0.25, -0.2) is 8.42 Å². The molecule has 0 spiro atoms. The molecule has 0 aliphatic heterocycles. The van der Waals surface area contributed by atoms with Crippen LogP contribution in [0.25, 0.3) is 0 Å². The number of sulfone groups is 1. The molecule has 1 rings (SSSR count). The van der Waals surface area contributed by atoms with Gasteiger partial charge in [0.15, 0.2) is 5.96 Å². The molecule has 6 nitrogen and oxygen atoms in total. The number of rotatable bonds is 7. The van der Waals surface area contributed by atoms with Crippen molar-refractivity contribution in [2.75, 3.05) is 19.1 Å². The number of nitrogens with zero attached hydrogens (tertiary/aromatic N) is 1. The fourth-order valence-corrected chi connectivity index (χ4v) is 3.08. The predicted molar refractivity (Wildman–Crippen MR) is 109 cm³/mol. The number of aliphatic imine (C=N–C) groups is 1. The van der Waals surface area contributed by atoms with Crippen LogP contribution in [-0.4, -0.2) is 45.1 Å². The second-order valence-electron chi connectivity index (χ2n) is 7.72. The van der Waals surface area contributed by atoms with E-state index in [1.165, 1.54) is 6.26 Å². The maximum atomic E-state index is 11.3. The van der Waals surface area contributed by atoms with E-state index in [9.17, 15) is 8.42 Å². The Kier molecular flexibility index (Phi) is 7.93. The molecule has 0 fully saturated rings. The van der Waals surface area contributed by atoms with Crippen LogP contribution in [0.5, 0.6) is 5.75 Å². The third-order valence-electron chi connectivity index (χ3n) is 3.61. The summed E-state index contributed by atoms with van der Waals surface area (Å²) in [7, 11) is -1.27. The minimum Gasteiger partial charge on any atom is -0.488 e. The van der Waals surface area contributed by atoms with Gasteiger partial charge in [-0.1, -0.05) is 12.1 Å². The maximum absolute atomic E-state index is 11.3. The first-order chi connectivity index (χ1) is 11.9. The molecule has 1 aromatic carbocycles. The van der Waals surface area contributed by atoms with Gasteiger partial charge in [-0.05, 0) is 52.7 Å². The first-order valence-corrected chi connectivity index (χ1v) is 10.9. The molecule has 0 saturated carbocycles.